The van der Waals surface area contributed by atoms with Crippen LogP contribution < -0.4 is 10.6 Å². The van der Waals surface area contributed by atoms with Crippen LogP contribution in [0.4, 0.5) is 10.5 Å². The normalized spacial score (nSPS) is 19.4. The van der Waals surface area contributed by atoms with Crippen LogP contribution in [0.5, 0.6) is 0 Å². The van der Waals surface area contributed by atoms with Gasteiger partial charge < -0.3 is 10.6 Å². The van der Waals surface area contributed by atoms with Crippen LogP contribution in [0.3, 0.4) is 0 Å². The molecule has 6 heteroatoms. The Balaban J connectivity index is 1.74. The summed E-state index contributed by atoms with van der Waals surface area (Å²) < 4.78 is 0. The van der Waals surface area contributed by atoms with E-state index in [1.165, 1.54) is 0 Å². The Morgan fingerprint density at radius 3 is 2.46 bits per heavy atom. The molecule has 6 nitrogen and oxygen atoms in total. The molecule has 1 saturated heterocycles. The van der Waals surface area contributed by atoms with E-state index in [2.05, 4.69) is 10.6 Å². The maximum absolute atomic E-state index is 12.8. The van der Waals surface area contributed by atoms with E-state index >= 15 is 0 Å². The van der Waals surface area contributed by atoms with E-state index in [-0.39, 0.29) is 6.54 Å². The summed E-state index contributed by atoms with van der Waals surface area (Å²) in [5, 5.41) is 5.45. The van der Waals surface area contributed by atoms with Gasteiger partial charge in [0.1, 0.15) is 12.1 Å². The molecule has 3 rings (SSSR count). The summed E-state index contributed by atoms with van der Waals surface area (Å²) in [6.07, 6.45) is 0. The molecule has 134 valence electrons. The van der Waals surface area contributed by atoms with Crippen molar-refractivity contribution in [1.29, 1.82) is 0 Å². The SMILES string of the molecule is Cc1ccc(NC(=O)CN2C(=O)N[C@](C)(c3ccccc3)C2=O)c(C)c1. The molecule has 0 saturated carbocycles. The first kappa shape index (κ1) is 17.7. The van der Waals surface area contributed by atoms with Crippen LogP contribution >= 0.6 is 0 Å². The number of nitrogens with one attached hydrogen (secondary N) is 2. The molecular weight excluding hydrogens is 330 g/mol. The summed E-state index contributed by atoms with van der Waals surface area (Å²) in [4.78, 5) is 38.4. The maximum atomic E-state index is 12.8. The average Bonchev–Trinajstić information content (AvgIpc) is 2.82. The molecule has 1 fully saturated rings. The molecule has 0 unspecified atom stereocenters. The number of aryl methyl sites for hydroxylation is 2. The lowest BCUT2D eigenvalue weighted by Gasteiger charge is -2.22. The number of rotatable bonds is 4. The Hall–Kier alpha value is -3.15. The molecule has 1 aliphatic heterocycles. The number of amides is 4. The number of urea groups is 1. The Morgan fingerprint density at radius 1 is 1.12 bits per heavy atom. The maximum Gasteiger partial charge on any atom is 0.325 e. The molecule has 0 bridgehead atoms. The zero-order valence-electron chi connectivity index (χ0n) is 15.0. The fourth-order valence-electron chi connectivity index (χ4n) is 3.09. The van der Waals surface area contributed by atoms with Gasteiger partial charge in [0.15, 0.2) is 0 Å². The van der Waals surface area contributed by atoms with Crippen LogP contribution in [0.15, 0.2) is 48.5 Å². The second kappa shape index (κ2) is 6.63. The monoisotopic (exact) mass is 351 g/mol. The predicted octanol–water partition coefficient (Wildman–Crippen LogP) is 2.71. The van der Waals surface area contributed by atoms with Crippen molar-refractivity contribution in [3.8, 4) is 0 Å². The van der Waals surface area contributed by atoms with Crippen molar-refractivity contribution in [2.24, 2.45) is 0 Å². The van der Waals surface area contributed by atoms with E-state index in [4.69, 9.17) is 0 Å². The minimum Gasteiger partial charge on any atom is -0.324 e. The first-order valence-corrected chi connectivity index (χ1v) is 8.38. The van der Waals surface area contributed by atoms with E-state index in [0.29, 0.717) is 11.3 Å². The van der Waals surface area contributed by atoms with Gasteiger partial charge in [0.2, 0.25) is 5.91 Å². The van der Waals surface area contributed by atoms with E-state index < -0.39 is 23.4 Å². The zero-order chi connectivity index (χ0) is 18.9. The van der Waals surface area contributed by atoms with E-state index in [0.717, 1.165) is 16.0 Å². The average molecular weight is 351 g/mol. The first-order chi connectivity index (χ1) is 12.3. The number of anilines is 1. The largest absolute Gasteiger partial charge is 0.325 e. The molecule has 4 amide bonds. The molecule has 0 aromatic heterocycles. The highest BCUT2D eigenvalue weighted by Crippen LogP contribution is 2.28. The number of carbonyl (C=O) groups is 3. The number of hydrogen-bond acceptors (Lipinski definition) is 3. The lowest BCUT2D eigenvalue weighted by molar-refractivity contribution is -0.133. The van der Waals surface area contributed by atoms with Crippen molar-refractivity contribution in [3.63, 3.8) is 0 Å². The Bertz CT molecular complexity index is 879. The van der Waals surface area contributed by atoms with Crippen molar-refractivity contribution >= 4 is 23.5 Å². The third-order valence-corrected chi connectivity index (χ3v) is 4.58. The third-order valence-electron chi connectivity index (χ3n) is 4.58. The van der Waals surface area contributed by atoms with Gasteiger partial charge in [0, 0.05) is 5.69 Å². The van der Waals surface area contributed by atoms with E-state index in [9.17, 15) is 14.4 Å². The first-order valence-electron chi connectivity index (χ1n) is 8.38. The highest BCUT2D eigenvalue weighted by Gasteiger charge is 2.49. The van der Waals surface area contributed by atoms with Gasteiger partial charge in [-0.1, -0.05) is 48.0 Å². The Labute approximate surface area is 152 Å². The summed E-state index contributed by atoms with van der Waals surface area (Å²) >= 11 is 0. The summed E-state index contributed by atoms with van der Waals surface area (Å²) in [6.45, 7) is 5.17. The highest BCUT2D eigenvalue weighted by atomic mass is 16.2. The quantitative estimate of drug-likeness (QED) is 0.832. The summed E-state index contributed by atoms with van der Waals surface area (Å²) in [5.74, 6) is -0.859. The molecule has 2 aromatic carbocycles. The minimum absolute atomic E-state index is 0.333. The van der Waals surface area contributed by atoms with E-state index in [1.807, 2.05) is 38.1 Å². The molecular formula is C20H21N3O3. The molecule has 1 atom stereocenters. The number of hydrogen-bond donors (Lipinski definition) is 2. The minimum atomic E-state index is -1.17. The molecule has 0 aliphatic carbocycles. The molecule has 26 heavy (non-hydrogen) atoms. The van der Waals surface area contributed by atoms with Crippen LogP contribution in [-0.2, 0) is 15.1 Å². The van der Waals surface area contributed by atoms with Crippen molar-refractivity contribution in [2.45, 2.75) is 26.3 Å². The Morgan fingerprint density at radius 2 is 1.81 bits per heavy atom. The molecule has 0 spiro atoms. The van der Waals surface area contributed by atoms with Gasteiger partial charge in [-0.15, -0.1) is 0 Å². The van der Waals surface area contributed by atoms with Crippen LogP contribution in [0.25, 0.3) is 0 Å². The summed E-state index contributed by atoms with van der Waals surface area (Å²) in [5.41, 5.74) is 2.19. The lowest BCUT2D eigenvalue weighted by atomic mass is 9.92. The van der Waals surface area contributed by atoms with Gasteiger partial charge in [-0.05, 0) is 38.0 Å². The van der Waals surface area contributed by atoms with Crippen molar-refractivity contribution in [2.75, 3.05) is 11.9 Å². The van der Waals surface area contributed by atoms with Gasteiger partial charge >= 0.3 is 6.03 Å². The van der Waals surface area contributed by atoms with Gasteiger partial charge in [-0.25, -0.2) is 4.79 Å². The van der Waals surface area contributed by atoms with Crippen molar-refractivity contribution in [1.82, 2.24) is 10.2 Å². The van der Waals surface area contributed by atoms with Gasteiger partial charge in [0.25, 0.3) is 5.91 Å². The van der Waals surface area contributed by atoms with Crippen LogP contribution in [0.1, 0.15) is 23.6 Å². The second-order valence-corrected chi connectivity index (χ2v) is 6.68. The third kappa shape index (κ3) is 3.18. The standard InChI is InChI=1S/C20H21N3O3/c1-13-9-10-16(14(2)11-13)21-17(24)12-23-18(25)20(3,22-19(23)26)15-7-5-4-6-8-15/h4-11H,12H2,1-3H3,(H,21,24)(H,22,26)/t20-/m1/s1. The molecule has 1 aliphatic rings. The number of benzene rings is 2. The van der Waals surface area contributed by atoms with Gasteiger partial charge in [-0.3, -0.25) is 14.5 Å². The Kier molecular flexibility index (Phi) is 4.50. The fourth-order valence-corrected chi connectivity index (χ4v) is 3.09. The smallest absolute Gasteiger partial charge is 0.324 e. The van der Waals surface area contributed by atoms with Crippen LogP contribution in [0, 0.1) is 13.8 Å². The summed E-state index contributed by atoms with van der Waals surface area (Å²) in [6, 6.07) is 14.1. The number of imide groups is 1. The molecule has 2 aromatic rings. The number of carbonyl (C=O) groups excluding carboxylic acids is 3. The summed E-state index contributed by atoms with van der Waals surface area (Å²) in [7, 11) is 0. The van der Waals surface area contributed by atoms with Gasteiger partial charge in [0.05, 0.1) is 0 Å². The predicted molar refractivity (Wildman–Crippen MR) is 98.6 cm³/mol. The van der Waals surface area contributed by atoms with Crippen molar-refractivity contribution in [3.05, 3.63) is 65.2 Å². The zero-order valence-corrected chi connectivity index (χ0v) is 15.0. The van der Waals surface area contributed by atoms with E-state index in [1.54, 1.807) is 31.2 Å². The number of nitrogens with zero attached hydrogens (tertiary/aromatic N) is 1. The highest BCUT2D eigenvalue weighted by molar-refractivity contribution is 6.10. The van der Waals surface area contributed by atoms with Crippen LogP contribution in [0.2, 0.25) is 0 Å². The molecule has 0 radical (unpaired) electrons. The van der Waals surface area contributed by atoms with Crippen molar-refractivity contribution < 1.29 is 14.4 Å². The topological polar surface area (TPSA) is 78.5 Å². The van der Waals surface area contributed by atoms with Gasteiger partial charge in [-0.2, -0.15) is 0 Å². The second-order valence-electron chi connectivity index (χ2n) is 6.68. The molecule has 2 N–H and O–H groups in total. The fraction of sp³-hybridized carbons (Fsp3) is 0.250. The molecule has 1 heterocycles. The lowest BCUT2D eigenvalue weighted by Crippen LogP contribution is -2.42. The van der Waals surface area contributed by atoms with Crippen LogP contribution in [-0.4, -0.2) is 29.3 Å².